The van der Waals surface area contributed by atoms with E-state index in [9.17, 15) is 22.1 Å². The van der Waals surface area contributed by atoms with Crippen molar-refractivity contribution in [3.63, 3.8) is 0 Å². The van der Waals surface area contributed by atoms with Crippen molar-refractivity contribution >= 4 is 13.2 Å². The predicted octanol–water partition coefficient (Wildman–Crippen LogP) is 2.98. The van der Waals surface area contributed by atoms with Crippen LogP contribution < -0.4 is 4.57 Å². The third-order valence-electron chi connectivity index (χ3n) is 2.51. The zero-order valence-corrected chi connectivity index (χ0v) is 11.8. The Bertz CT molecular complexity index is 581. The van der Waals surface area contributed by atoms with Gasteiger partial charge in [-0.1, -0.05) is 30.3 Å². The van der Waals surface area contributed by atoms with E-state index in [-0.39, 0.29) is 5.97 Å². The third-order valence-corrected chi connectivity index (χ3v) is 2.51. The Morgan fingerprint density at radius 1 is 1.23 bits per heavy atom. The molecule has 0 saturated carbocycles. The molecule has 4 nitrogen and oxygen atoms in total. The van der Waals surface area contributed by atoms with E-state index in [0.717, 1.165) is 12.1 Å². The molecule has 0 bridgehead atoms. The Hall–Kier alpha value is -2.32. The number of rotatable bonds is 4. The number of aromatic nitrogens is 2. The number of carbonyl (C=O) groups excluding carboxylic acids is 1. The molecule has 0 saturated heterocycles. The Kier molecular flexibility index (Phi) is 6.62. The minimum absolute atomic E-state index is 0.294. The first kappa shape index (κ1) is 17.7. The fraction of sp³-hybridized carbons (Fsp3) is 0.231. The van der Waals surface area contributed by atoms with Gasteiger partial charge < -0.3 is 22.0 Å². The molecular weight excluding hydrogens is 303 g/mol. The number of aryl methyl sites for hydroxylation is 1. The average molecular weight is 318 g/mol. The predicted molar refractivity (Wildman–Crippen MR) is 72.4 cm³/mol. The van der Waals surface area contributed by atoms with Crippen LogP contribution in [0.5, 0.6) is 0 Å². The number of imidazole rings is 1. The molecule has 1 aromatic heterocycles. The molecule has 0 aliphatic carbocycles. The molecule has 2 aromatic rings. The van der Waals surface area contributed by atoms with Gasteiger partial charge in [0.15, 0.2) is 0 Å². The first-order valence-electron chi connectivity index (χ1n) is 6.46. The van der Waals surface area contributed by atoms with Crippen LogP contribution in [0.3, 0.4) is 0 Å². The molecule has 9 heteroatoms. The fourth-order valence-electron chi connectivity index (χ4n) is 1.59. The van der Waals surface area contributed by atoms with E-state index in [4.69, 9.17) is 4.74 Å². The molecule has 1 aromatic carbocycles. The lowest BCUT2D eigenvalue weighted by molar-refractivity contribution is -0.694. The normalized spacial score (nSPS) is 10.6. The quantitative estimate of drug-likeness (QED) is 0.408. The van der Waals surface area contributed by atoms with E-state index in [1.54, 1.807) is 6.20 Å². The third kappa shape index (κ3) is 6.91. The van der Waals surface area contributed by atoms with Crippen molar-refractivity contribution in [2.24, 2.45) is 0 Å². The lowest BCUT2D eigenvalue weighted by atomic mass is 10.2. The maximum Gasteiger partial charge on any atom is 0.673 e. The van der Waals surface area contributed by atoms with Crippen LogP contribution in [0, 0.1) is 0 Å². The molecule has 0 amide bonds. The van der Waals surface area contributed by atoms with E-state index in [2.05, 4.69) is 4.98 Å². The smallest absolute Gasteiger partial charge is 0.452 e. The van der Waals surface area contributed by atoms with Gasteiger partial charge in [-0.25, -0.2) is 14.3 Å². The van der Waals surface area contributed by atoms with Crippen LogP contribution in [0.15, 0.2) is 42.7 Å². The molecule has 2 rings (SSSR count). The Balaban J connectivity index is 0.000000422. The summed E-state index contributed by atoms with van der Waals surface area (Å²) >= 11 is 0. The SMILES string of the molecule is CC[n+]1cc[nH]c1C(=O)OCc1ccccc1.F[B-](F)(F)F. The van der Waals surface area contributed by atoms with Crippen LogP contribution in [-0.4, -0.2) is 18.2 Å². The van der Waals surface area contributed by atoms with Crippen molar-refractivity contribution in [1.82, 2.24) is 4.98 Å². The molecule has 0 aliphatic rings. The molecule has 1 N–H and O–H groups in total. The van der Waals surface area contributed by atoms with Gasteiger partial charge in [0.2, 0.25) is 0 Å². The minimum Gasteiger partial charge on any atom is -0.452 e. The highest BCUT2D eigenvalue weighted by Crippen LogP contribution is 2.06. The second-order valence-electron chi connectivity index (χ2n) is 4.15. The summed E-state index contributed by atoms with van der Waals surface area (Å²) in [6.07, 6.45) is 3.54. The summed E-state index contributed by atoms with van der Waals surface area (Å²) in [6, 6.07) is 9.63. The standard InChI is InChI=1S/C13H14N2O2.BF4/c1-2-15-9-8-14-12(15)13(16)17-10-11-6-4-3-5-7-11;2-1(3,4)5/h3-9H,2,10H2,1H3;/q;-1/p+1. The first-order chi connectivity index (χ1) is 10.3. The van der Waals surface area contributed by atoms with Crippen LogP contribution in [0.1, 0.15) is 23.1 Å². The highest BCUT2D eigenvalue weighted by molar-refractivity contribution is 6.50. The van der Waals surface area contributed by atoms with Crippen molar-refractivity contribution in [1.29, 1.82) is 0 Å². The largest absolute Gasteiger partial charge is 0.673 e. The Morgan fingerprint density at radius 3 is 2.36 bits per heavy atom. The van der Waals surface area contributed by atoms with Crippen molar-refractivity contribution < 1.29 is 31.4 Å². The second-order valence-corrected chi connectivity index (χ2v) is 4.15. The number of aromatic amines is 1. The summed E-state index contributed by atoms with van der Waals surface area (Å²) in [4.78, 5) is 14.7. The van der Waals surface area contributed by atoms with E-state index in [0.29, 0.717) is 12.4 Å². The van der Waals surface area contributed by atoms with Crippen LogP contribution >= 0.6 is 0 Å². The van der Waals surface area contributed by atoms with Gasteiger partial charge in [-0.3, -0.25) is 0 Å². The monoisotopic (exact) mass is 318 g/mol. The highest BCUT2D eigenvalue weighted by atomic mass is 19.5. The van der Waals surface area contributed by atoms with Gasteiger partial charge in [0.25, 0.3) is 0 Å². The molecule has 22 heavy (non-hydrogen) atoms. The molecule has 0 fully saturated rings. The van der Waals surface area contributed by atoms with E-state index < -0.39 is 7.25 Å². The molecule has 0 aliphatic heterocycles. The molecule has 1 heterocycles. The van der Waals surface area contributed by atoms with Gasteiger partial charge in [0.05, 0.1) is 6.54 Å². The number of hydrogen-bond acceptors (Lipinski definition) is 2. The summed E-state index contributed by atoms with van der Waals surface area (Å²) in [6.45, 7) is 3.00. The summed E-state index contributed by atoms with van der Waals surface area (Å²) < 4.78 is 46.0. The van der Waals surface area contributed by atoms with Crippen molar-refractivity contribution in [2.45, 2.75) is 20.1 Å². The molecule has 120 valence electrons. The van der Waals surface area contributed by atoms with Crippen LogP contribution in [-0.2, 0) is 17.9 Å². The summed E-state index contributed by atoms with van der Waals surface area (Å²) in [5.41, 5.74) is 0.982. The first-order valence-corrected chi connectivity index (χ1v) is 6.46. The van der Waals surface area contributed by atoms with Gasteiger partial charge in [-0.15, -0.1) is 0 Å². The number of benzene rings is 1. The zero-order chi connectivity index (χ0) is 16.6. The van der Waals surface area contributed by atoms with Crippen LogP contribution in [0.25, 0.3) is 0 Å². The number of nitrogens with one attached hydrogen (secondary N) is 1. The van der Waals surface area contributed by atoms with E-state index >= 15 is 0 Å². The van der Waals surface area contributed by atoms with Gasteiger partial charge in [0, 0.05) is 0 Å². The van der Waals surface area contributed by atoms with Crippen molar-refractivity contribution in [3.05, 3.63) is 54.1 Å². The number of halogens is 4. The van der Waals surface area contributed by atoms with E-state index in [1.165, 1.54) is 0 Å². The topological polar surface area (TPSA) is 46.0 Å². The summed E-state index contributed by atoms with van der Waals surface area (Å²) in [5, 5.41) is 0. The number of carbonyl (C=O) groups is 1. The Morgan fingerprint density at radius 2 is 1.82 bits per heavy atom. The maximum absolute atomic E-state index is 11.8. The molecule has 0 atom stereocenters. The minimum atomic E-state index is -6.00. The number of hydrogen-bond donors (Lipinski definition) is 1. The average Bonchev–Trinajstić information content (AvgIpc) is 2.92. The van der Waals surface area contributed by atoms with Crippen LogP contribution in [0.4, 0.5) is 17.3 Å². The number of ether oxygens (including phenoxy) is 1. The molecule has 0 radical (unpaired) electrons. The van der Waals surface area contributed by atoms with Crippen molar-refractivity contribution in [3.8, 4) is 0 Å². The van der Waals surface area contributed by atoms with Gasteiger partial charge in [0.1, 0.15) is 19.0 Å². The second kappa shape index (κ2) is 8.21. The van der Waals surface area contributed by atoms with Crippen LogP contribution in [0.2, 0.25) is 0 Å². The lowest BCUT2D eigenvalue weighted by Gasteiger charge is -2.02. The van der Waals surface area contributed by atoms with Gasteiger partial charge in [-0.2, -0.15) is 0 Å². The summed E-state index contributed by atoms with van der Waals surface area (Å²) in [5.74, 6) is 0.143. The van der Waals surface area contributed by atoms with E-state index in [1.807, 2.05) is 48.0 Å². The Labute approximate surface area is 124 Å². The maximum atomic E-state index is 11.8. The number of H-pyrrole nitrogens is 1. The molecule has 0 unspecified atom stereocenters. The van der Waals surface area contributed by atoms with Gasteiger partial charge in [-0.05, 0) is 12.5 Å². The van der Waals surface area contributed by atoms with Crippen molar-refractivity contribution in [2.75, 3.05) is 0 Å². The van der Waals surface area contributed by atoms with Gasteiger partial charge >= 0.3 is 19.0 Å². The molecular formula is C13H15BF4N2O2. The number of esters is 1. The fourth-order valence-corrected chi connectivity index (χ4v) is 1.59. The zero-order valence-electron chi connectivity index (χ0n) is 11.8. The molecule has 0 spiro atoms. The highest BCUT2D eigenvalue weighted by Gasteiger charge is 2.21. The lowest BCUT2D eigenvalue weighted by Crippen LogP contribution is -2.37. The number of nitrogens with zero attached hydrogens (tertiary/aromatic N) is 1. The summed E-state index contributed by atoms with van der Waals surface area (Å²) in [7, 11) is -6.00.